The van der Waals surface area contributed by atoms with Crippen LogP contribution < -0.4 is 10.5 Å². The van der Waals surface area contributed by atoms with Gasteiger partial charge in [-0.25, -0.2) is 4.98 Å². The van der Waals surface area contributed by atoms with Gasteiger partial charge in [0.1, 0.15) is 16.5 Å². The van der Waals surface area contributed by atoms with Crippen LogP contribution in [-0.2, 0) is 0 Å². The molecule has 1 heterocycles. The Morgan fingerprint density at radius 1 is 1.53 bits per heavy atom. The second-order valence-corrected chi connectivity index (χ2v) is 4.51. The lowest BCUT2D eigenvalue weighted by atomic mass is 10.2. The molecule has 1 aromatic heterocycles. The molecule has 17 heavy (non-hydrogen) atoms. The molecule has 2 rings (SSSR count). The highest BCUT2D eigenvalue weighted by molar-refractivity contribution is 7.13. The predicted molar refractivity (Wildman–Crippen MR) is 67.6 cm³/mol. The summed E-state index contributed by atoms with van der Waals surface area (Å²) in [5.74, 6) is 0.127. The average molecular weight is 269 g/mol. The van der Waals surface area contributed by atoms with E-state index in [4.69, 9.17) is 22.1 Å². The number of carbonyl (C=O) groups is 1. The van der Waals surface area contributed by atoms with Gasteiger partial charge in [-0.2, -0.15) is 0 Å². The number of aromatic nitrogens is 1. The van der Waals surface area contributed by atoms with E-state index in [0.29, 0.717) is 15.8 Å². The quantitative estimate of drug-likeness (QED) is 0.930. The van der Waals surface area contributed by atoms with Crippen LogP contribution >= 0.6 is 22.9 Å². The van der Waals surface area contributed by atoms with Crippen LogP contribution in [0, 0.1) is 0 Å². The van der Waals surface area contributed by atoms with Gasteiger partial charge in [0.25, 0.3) is 5.91 Å². The molecule has 0 fully saturated rings. The maximum atomic E-state index is 10.9. The summed E-state index contributed by atoms with van der Waals surface area (Å²) in [6, 6.07) is 5.28. The number of methoxy groups -OCH3 is 1. The van der Waals surface area contributed by atoms with Gasteiger partial charge >= 0.3 is 0 Å². The Morgan fingerprint density at radius 3 is 2.82 bits per heavy atom. The number of amides is 1. The number of carbonyl (C=O) groups excluding carboxylic acids is 1. The minimum absolute atomic E-state index is 0.247. The van der Waals surface area contributed by atoms with Crippen LogP contribution in [0.15, 0.2) is 23.6 Å². The molecule has 1 amide bonds. The van der Waals surface area contributed by atoms with E-state index in [1.54, 1.807) is 30.7 Å². The van der Waals surface area contributed by atoms with E-state index < -0.39 is 5.91 Å². The fraction of sp³-hybridized carbons (Fsp3) is 0.0909. The van der Waals surface area contributed by atoms with Gasteiger partial charge in [-0.15, -0.1) is 11.3 Å². The first kappa shape index (κ1) is 11.9. The van der Waals surface area contributed by atoms with Gasteiger partial charge in [0.2, 0.25) is 0 Å². The molecule has 1 aromatic carbocycles. The topological polar surface area (TPSA) is 65.2 Å². The van der Waals surface area contributed by atoms with Crippen molar-refractivity contribution in [3.8, 4) is 16.3 Å². The molecule has 0 atom stereocenters. The number of nitrogens with two attached hydrogens (primary N) is 1. The number of nitrogens with zero attached hydrogens (tertiary/aromatic N) is 1. The van der Waals surface area contributed by atoms with Crippen molar-refractivity contribution in [3.05, 3.63) is 34.3 Å². The van der Waals surface area contributed by atoms with Gasteiger partial charge in [-0.05, 0) is 18.2 Å². The third-order valence-corrected chi connectivity index (χ3v) is 3.35. The fourth-order valence-electron chi connectivity index (χ4n) is 1.31. The molecule has 6 heteroatoms. The van der Waals surface area contributed by atoms with Crippen LogP contribution in [0.3, 0.4) is 0 Å². The lowest BCUT2D eigenvalue weighted by molar-refractivity contribution is 0.0996. The largest absolute Gasteiger partial charge is 0.497 e. The highest BCUT2D eigenvalue weighted by atomic mass is 35.5. The predicted octanol–water partition coefficient (Wildman–Crippen LogP) is 2.57. The molecule has 0 bridgehead atoms. The van der Waals surface area contributed by atoms with E-state index in [-0.39, 0.29) is 5.69 Å². The summed E-state index contributed by atoms with van der Waals surface area (Å²) in [5.41, 5.74) is 6.14. The number of halogens is 1. The van der Waals surface area contributed by atoms with E-state index >= 15 is 0 Å². The molecule has 0 radical (unpaired) electrons. The lowest BCUT2D eigenvalue weighted by Crippen LogP contribution is -2.10. The van der Waals surface area contributed by atoms with E-state index in [9.17, 15) is 4.79 Å². The third-order valence-electron chi connectivity index (χ3n) is 2.16. The van der Waals surface area contributed by atoms with Crippen LogP contribution in [-0.4, -0.2) is 18.0 Å². The highest BCUT2D eigenvalue weighted by Crippen LogP contribution is 2.32. The normalized spacial score (nSPS) is 10.2. The number of ether oxygens (including phenoxy) is 1. The molecule has 0 aliphatic rings. The molecular formula is C11H9ClN2O2S. The minimum Gasteiger partial charge on any atom is -0.497 e. The summed E-state index contributed by atoms with van der Waals surface area (Å²) in [6.07, 6.45) is 0. The van der Waals surface area contributed by atoms with Crippen molar-refractivity contribution in [2.24, 2.45) is 5.73 Å². The monoisotopic (exact) mass is 268 g/mol. The fourth-order valence-corrected chi connectivity index (χ4v) is 2.47. The van der Waals surface area contributed by atoms with Crippen molar-refractivity contribution in [1.82, 2.24) is 4.98 Å². The summed E-state index contributed by atoms with van der Waals surface area (Å²) < 4.78 is 5.05. The number of rotatable bonds is 3. The first-order chi connectivity index (χ1) is 8.11. The molecular weight excluding hydrogens is 260 g/mol. The second kappa shape index (κ2) is 4.73. The van der Waals surface area contributed by atoms with Gasteiger partial charge in [0.05, 0.1) is 12.1 Å². The third kappa shape index (κ3) is 2.40. The van der Waals surface area contributed by atoms with Gasteiger partial charge in [-0.3, -0.25) is 4.79 Å². The number of primary amides is 1. The Hall–Kier alpha value is -1.59. The summed E-state index contributed by atoms with van der Waals surface area (Å²) in [4.78, 5) is 15.1. The zero-order chi connectivity index (χ0) is 12.4. The molecule has 0 aliphatic carbocycles. The second-order valence-electron chi connectivity index (χ2n) is 3.25. The number of thiazole rings is 1. The smallest absolute Gasteiger partial charge is 0.268 e. The molecule has 2 N–H and O–H groups in total. The zero-order valence-corrected chi connectivity index (χ0v) is 10.5. The van der Waals surface area contributed by atoms with Crippen molar-refractivity contribution in [3.63, 3.8) is 0 Å². The highest BCUT2D eigenvalue weighted by Gasteiger charge is 2.11. The van der Waals surface area contributed by atoms with Crippen LogP contribution in [0.5, 0.6) is 5.75 Å². The average Bonchev–Trinajstić information content (AvgIpc) is 2.78. The van der Waals surface area contributed by atoms with E-state index in [1.165, 1.54) is 11.3 Å². The van der Waals surface area contributed by atoms with E-state index in [0.717, 1.165) is 5.56 Å². The van der Waals surface area contributed by atoms with Crippen molar-refractivity contribution >= 4 is 28.8 Å². The molecule has 2 aromatic rings. The maximum absolute atomic E-state index is 10.9. The number of benzene rings is 1. The first-order valence-corrected chi connectivity index (χ1v) is 5.97. The van der Waals surface area contributed by atoms with Gasteiger partial charge in [-0.1, -0.05) is 11.6 Å². The Morgan fingerprint density at radius 2 is 2.29 bits per heavy atom. The van der Waals surface area contributed by atoms with E-state index in [2.05, 4.69) is 4.98 Å². The number of hydrogen-bond acceptors (Lipinski definition) is 4. The summed E-state index contributed by atoms with van der Waals surface area (Å²) in [6.45, 7) is 0. The maximum Gasteiger partial charge on any atom is 0.268 e. The Labute approximate surface area is 107 Å². The van der Waals surface area contributed by atoms with Crippen LogP contribution in [0.4, 0.5) is 0 Å². The lowest BCUT2D eigenvalue weighted by Gasteiger charge is -2.03. The van der Waals surface area contributed by atoms with Gasteiger partial charge < -0.3 is 10.5 Å². The Bertz CT molecular complexity index is 568. The zero-order valence-electron chi connectivity index (χ0n) is 8.94. The summed E-state index contributed by atoms with van der Waals surface area (Å²) in [5, 5.41) is 2.79. The Kier molecular flexibility index (Phi) is 3.31. The van der Waals surface area contributed by atoms with Gasteiger partial charge in [0, 0.05) is 10.9 Å². The standard InChI is InChI=1S/C11H9ClN2O2S/c1-16-6-2-3-7(8(12)4-6)11-14-9(5-17-11)10(13)15/h2-5H,1H3,(H2,13,15). The molecule has 4 nitrogen and oxygen atoms in total. The summed E-state index contributed by atoms with van der Waals surface area (Å²) in [7, 11) is 1.57. The molecule has 0 saturated carbocycles. The van der Waals surface area contributed by atoms with Gasteiger partial charge in [0.15, 0.2) is 0 Å². The summed E-state index contributed by atoms with van der Waals surface area (Å²) >= 11 is 7.42. The molecule has 0 spiro atoms. The van der Waals surface area contributed by atoms with Crippen LogP contribution in [0.1, 0.15) is 10.5 Å². The van der Waals surface area contributed by atoms with Crippen LogP contribution in [0.25, 0.3) is 10.6 Å². The van der Waals surface area contributed by atoms with Crippen LogP contribution in [0.2, 0.25) is 5.02 Å². The van der Waals surface area contributed by atoms with Crippen molar-refractivity contribution in [2.45, 2.75) is 0 Å². The van der Waals surface area contributed by atoms with E-state index in [1.807, 2.05) is 0 Å². The van der Waals surface area contributed by atoms with Crippen molar-refractivity contribution in [2.75, 3.05) is 7.11 Å². The first-order valence-electron chi connectivity index (χ1n) is 4.71. The van der Waals surface area contributed by atoms with Crippen molar-refractivity contribution < 1.29 is 9.53 Å². The Balaban J connectivity index is 2.42. The van der Waals surface area contributed by atoms with Crippen molar-refractivity contribution in [1.29, 1.82) is 0 Å². The molecule has 0 unspecified atom stereocenters. The molecule has 0 saturated heterocycles. The molecule has 88 valence electrons. The minimum atomic E-state index is -0.544. The molecule has 0 aliphatic heterocycles. The number of hydrogen-bond donors (Lipinski definition) is 1. The SMILES string of the molecule is COc1ccc(-c2nc(C(N)=O)cs2)c(Cl)c1.